The van der Waals surface area contributed by atoms with Crippen molar-refractivity contribution >= 4 is 17.7 Å². The average molecular weight is 459 g/mol. The Hall–Kier alpha value is -2.62. The molecule has 0 bridgehead atoms. The van der Waals surface area contributed by atoms with E-state index in [-0.39, 0.29) is 17.5 Å². The minimum absolute atomic E-state index is 0.168. The van der Waals surface area contributed by atoms with Gasteiger partial charge in [0, 0.05) is 44.3 Å². The highest BCUT2D eigenvalue weighted by Crippen LogP contribution is 2.52. The lowest BCUT2D eigenvalue weighted by Crippen LogP contribution is -2.61. The van der Waals surface area contributed by atoms with Gasteiger partial charge in [-0.05, 0) is 52.9 Å². The first kappa shape index (κ1) is 23.5. The molecular weight excluding hydrogens is 420 g/mol. The number of carbonyl (C=O) groups excluding carboxylic acids is 1. The minimum atomic E-state index is -0.459. The quantitative estimate of drug-likeness (QED) is 0.303. The summed E-state index contributed by atoms with van der Waals surface area (Å²) in [6.45, 7) is 14.4. The van der Waals surface area contributed by atoms with E-state index >= 15 is 0 Å². The molecule has 1 unspecified atom stereocenters. The Morgan fingerprint density at radius 3 is 2.45 bits per heavy atom. The molecule has 1 amide bonds. The van der Waals surface area contributed by atoms with Crippen LogP contribution < -0.4 is 16.5 Å². The maximum absolute atomic E-state index is 12.5. The first-order valence-electron chi connectivity index (χ1n) is 11.9. The van der Waals surface area contributed by atoms with Crippen LogP contribution in [0.1, 0.15) is 58.3 Å². The lowest BCUT2D eigenvalue weighted by molar-refractivity contribution is 0.00628. The van der Waals surface area contributed by atoms with Crippen molar-refractivity contribution in [1.82, 2.24) is 19.8 Å². The number of aryl methyl sites for hydroxylation is 1. The van der Waals surface area contributed by atoms with Crippen LogP contribution >= 0.6 is 0 Å². The first-order valence-corrected chi connectivity index (χ1v) is 11.9. The van der Waals surface area contributed by atoms with Crippen LogP contribution in [0.25, 0.3) is 0 Å². The van der Waals surface area contributed by atoms with Gasteiger partial charge < -0.3 is 26.1 Å². The lowest BCUT2D eigenvalue weighted by Gasteiger charge is -2.49. The number of amides is 1. The van der Waals surface area contributed by atoms with E-state index in [1.54, 1.807) is 6.20 Å². The molecule has 1 spiro atoms. The summed E-state index contributed by atoms with van der Waals surface area (Å²) in [6, 6.07) is 0.492. The molecule has 1 saturated carbocycles. The number of nitrogens with two attached hydrogens (primary N) is 2. The second kappa shape index (κ2) is 8.62. The fourth-order valence-corrected chi connectivity index (χ4v) is 5.43. The van der Waals surface area contributed by atoms with Crippen molar-refractivity contribution in [2.75, 3.05) is 37.6 Å². The summed E-state index contributed by atoms with van der Waals surface area (Å²) in [5.41, 5.74) is 6.84. The summed E-state index contributed by atoms with van der Waals surface area (Å²) in [5, 5.41) is 3.52. The van der Waals surface area contributed by atoms with E-state index in [0.717, 1.165) is 57.1 Å². The smallest absolute Gasteiger partial charge is 0.410 e. The predicted octanol–water partition coefficient (Wildman–Crippen LogP) is 1.66. The zero-order valence-electron chi connectivity index (χ0n) is 20.5. The van der Waals surface area contributed by atoms with Gasteiger partial charge in [0.1, 0.15) is 17.1 Å². The summed E-state index contributed by atoms with van der Waals surface area (Å²) >= 11 is 0. The fraction of sp³-hybridized carbons (Fsp3) is 0.739. The van der Waals surface area contributed by atoms with Crippen LogP contribution in [0.4, 0.5) is 10.6 Å². The van der Waals surface area contributed by atoms with Gasteiger partial charge in [0.05, 0.1) is 11.9 Å². The van der Waals surface area contributed by atoms with Crippen molar-refractivity contribution in [2.24, 2.45) is 22.6 Å². The number of piperazine rings is 1. The summed E-state index contributed by atoms with van der Waals surface area (Å²) in [4.78, 5) is 28.6. The monoisotopic (exact) mass is 458 g/mol. The third-order valence-corrected chi connectivity index (χ3v) is 7.24. The number of piperidine rings is 1. The van der Waals surface area contributed by atoms with Gasteiger partial charge in [-0.3, -0.25) is 4.90 Å². The molecule has 3 heterocycles. The molecule has 2 saturated heterocycles. The summed E-state index contributed by atoms with van der Waals surface area (Å²) in [7, 11) is 0. The normalized spacial score (nSPS) is 27.2. The maximum atomic E-state index is 12.5. The van der Waals surface area contributed by atoms with Gasteiger partial charge in [0.15, 0.2) is 5.84 Å². The number of likely N-dealkylation sites (tertiary alicyclic amines) is 1. The zero-order valence-corrected chi connectivity index (χ0v) is 20.5. The van der Waals surface area contributed by atoms with E-state index in [4.69, 9.17) is 16.3 Å². The summed E-state index contributed by atoms with van der Waals surface area (Å²) in [5.74, 6) is 7.01. The van der Waals surface area contributed by atoms with E-state index in [9.17, 15) is 4.79 Å². The van der Waals surface area contributed by atoms with Crippen LogP contribution in [-0.4, -0.2) is 81.6 Å². The molecule has 0 radical (unpaired) electrons. The molecule has 4 N–H and O–H groups in total. The molecule has 3 fully saturated rings. The standard InChI is InChI=1S/C23H38N8O2/c1-15-12-23(15)14-30(20-16(2)27-18(13-26-20)19(24)28-25)10-11-31(23)17-6-8-29(9-7-17)21(32)33-22(3,4)5/h13,15,17H,6-12,14,25H2,1-5H3,(H2,24,28)/t15?,23-/m1/s1. The Labute approximate surface area is 196 Å². The number of hydrogen-bond donors (Lipinski definition) is 2. The van der Waals surface area contributed by atoms with E-state index in [2.05, 4.69) is 31.8 Å². The van der Waals surface area contributed by atoms with Crippen LogP contribution in [0.2, 0.25) is 0 Å². The molecule has 10 nitrogen and oxygen atoms in total. The number of amidine groups is 1. The molecule has 2 aliphatic heterocycles. The van der Waals surface area contributed by atoms with Crippen molar-refractivity contribution in [3.8, 4) is 0 Å². The first-order chi connectivity index (χ1) is 15.5. The fourth-order valence-electron chi connectivity index (χ4n) is 5.43. The Morgan fingerprint density at radius 1 is 1.24 bits per heavy atom. The van der Waals surface area contributed by atoms with E-state index < -0.39 is 5.60 Å². The third-order valence-electron chi connectivity index (χ3n) is 7.24. The molecule has 3 aliphatic rings. The molecule has 0 aromatic carbocycles. The van der Waals surface area contributed by atoms with Crippen LogP contribution in [0.15, 0.2) is 11.3 Å². The molecule has 1 aromatic heterocycles. The van der Waals surface area contributed by atoms with Crippen molar-refractivity contribution in [1.29, 1.82) is 0 Å². The number of nitrogens with zero attached hydrogens (tertiary/aromatic N) is 6. The molecule has 10 heteroatoms. The molecule has 2 atom stereocenters. The summed E-state index contributed by atoms with van der Waals surface area (Å²) in [6.07, 6.45) is 4.61. The van der Waals surface area contributed by atoms with Crippen molar-refractivity contribution in [2.45, 2.75) is 71.1 Å². The Bertz CT molecular complexity index is 922. The lowest BCUT2D eigenvalue weighted by atomic mass is 9.97. The summed E-state index contributed by atoms with van der Waals surface area (Å²) < 4.78 is 5.56. The van der Waals surface area contributed by atoms with Crippen molar-refractivity contribution in [3.05, 3.63) is 17.6 Å². The molecule has 1 aromatic rings. The highest BCUT2D eigenvalue weighted by atomic mass is 16.6. The average Bonchev–Trinajstić information content (AvgIpc) is 3.40. The second-order valence-electron chi connectivity index (χ2n) is 10.7. The Balaban J connectivity index is 1.41. The topological polar surface area (TPSA) is 126 Å². The number of hydrogen-bond acceptors (Lipinski definition) is 8. The van der Waals surface area contributed by atoms with Gasteiger partial charge in [-0.15, -0.1) is 0 Å². The van der Waals surface area contributed by atoms with Gasteiger partial charge in [0.25, 0.3) is 0 Å². The highest BCUT2D eigenvalue weighted by Gasteiger charge is 2.59. The Morgan fingerprint density at radius 2 is 1.91 bits per heavy atom. The zero-order chi connectivity index (χ0) is 24.0. The third kappa shape index (κ3) is 4.71. The predicted molar refractivity (Wildman–Crippen MR) is 128 cm³/mol. The van der Waals surface area contributed by atoms with Crippen LogP contribution in [0, 0.1) is 12.8 Å². The van der Waals surface area contributed by atoms with E-state index in [1.165, 1.54) is 6.42 Å². The van der Waals surface area contributed by atoms with Gasteiger partial charge in [-0.2, -0.15) is 5.10 Å². The molecule has 33 heavy (non-hydrogen) atoms. The largest absolute Gasteiger partial charge is 0.444 e. The number of ether oxygens (including phenoxy) is 1. The number of hydrazone groups is 1. The number of rotatable bonds is 3. The van der Waals surface area contributed by atoms with Crippen LogP contribution in [0.5, 0.6) is 0 Å². The Kier molecular flexibility index (Phi) is 6.15. The number of aromatic nitrogens is 2. The SMILES string of the molecule is Cc1nc(/C(N)=N/N)cnc1N1CCN(C2CCN(C(=O)OC(C)(C)C)CC2)[C@]2(CC2C)C1. The number of carbonyl (C=O) groups is 1. The molecule has 4 rings (SSSR count). The highest BCUT2D eigenvalue weighted by molar-refractivity contribution is 5.95. The van der Waals surface area contributed by atoms with E-state index in [1.807, 2.05) is 32.6 Å². The van der Waals surface area contributed by atoms with Crippen molar-refractivity contribution < 1.29 is 9.53 Å². The van der Waals surface area contributed by atoms with Gasteiger partial charge in [-0.1, -0.05) is 6.92 Å². The van der Waals surface area contributed by atoms with Crippen LogP contribution in [-0.2, 0) is 4.74 Å². The molecule has 182 valence electrons. The number of anilines is 1. The van der Waals surface area contributed by atoms with Crippen molar-refractivity contribution in [3.63, 3.8) is 0 Å². The van der Waals surface area contributed by atoms with E-state index in [0.29, 0.717) is 17.7 Å². The van der Waals surface area contributed by atoms with Gasteiger partial charge in [0.2, 0.25) is 0 Å². The molecular formula is C23H38N8O2. The molecule has 1 aliphatic carbocycles. The second-order valence-corrected chi connectivity index (χ2v) is 10.7. The van der Waals surface area contributed by atoms with Gasteiger partial charge >= 0.3 is 6.09 Å². The minimum Gasteiger partial charge on any atom is -0.444 e. The maximum Gasteiger partial charge on any atom is 0.410 e. The van der Waals surface area contributed by atoms with Crippen LogP contribution in [0.3, 0.4) is 0 Å². The van der Waals surface area contributed by atoms with Gasteiger partial charge in [-0.25, -0.2) is 14.8 Å².